The van der Waals surface area contributed by atoms with Crippen molar-refractivity contribution in [1.29, 1.82) is 0 Å². The maximum Gasteiger partial charge on any atom is 0.261 e. The first kappa shape index (κ1) is 26.0. The summed E-state index contributed by atoms with van der Waals surface area (Å²) in [6.45, 7) is 2.82. The Morgan fingerprint density at radius 1 is 1.06 bits per heavy atom. The van der Waals surface area contributed by atoms with Gasteiger partial charge in [0.2, 0.25) is 0 Å². The van der Waals surface area contributed by atoms with Crippen LogP contribution in [-0.2, 0) is 19.4 Å². The monoisotopic (exact) mass is 600 g/mol. The van der Waals surface area contributed by atoms with E-state index in [0.29, 0.717) is 17.0 Å². The van der Waals surface area contributed by atoms with Gasteiger partial charge in [0.15, 0.2) is 0 Å². The lowest BCUT2D eigenvalue weighted by Crippen LogP contribution is -2.48. The molecule has 0 spiro atoms. The maximum atomic E-state index is 13.7. The van der Waals surface area contributed by atoms with Crippen molar-refractivity contribution in [3.8, 4) is 0 Å². The standard InChI is InChI=1S/C24H24Br2F2N2O2S/c1-2-14-4-3-5-15(6-14)12-29-13-21(31)20(9-16-7-17(27)10-18(28)8-16)30-24(32)22-11-19(25)23(26)33-22/h3-8,10-11,20-21,29,31H,2,9,12-13H2,1H3,(H,30,32). The minimum absolute atomic E-state index is 0.0717. The molecule has 3 N–H and O–H groups in total. The van der Waals surface area contributed by atoms with Crippen LogP contribution in [0.3, 0.4) is 0 Å². The SMILES string of the molecule is CCc1cccc(CNCC(O)C(Cc2cc(F)cc(F)c2)NC(=O)c2cc(Br)c(Br)s2)c1. The fraction of sp³-hybridized carbons (Fsp3) is 0.292. The highest BCUT2D eigenvalue weighted by atomic mass is 79.9. The van der Waals surface area contributed by atoms with E-state index in [1.54, 1.807) is 6.07 Å². The number of nitrogens with one attached hydrogen (secondary N) is 2. The molecule has 176 valence electrons. The van der Waals surface area contributed by atoms with E-state index < -0.39 is 23.8 Å². The largest absolute Gasteiger partial charge is 0.390 e. The van der Waals surface area contributed by atoms with Crippen molar-refractivity contribution >= 4 is 49.1 Å². The van der Waals surface area contributed by atoms with Crippen molar-refractivity contribution in [3.63, 3.8) is 0 Å². The lowest BCUT2D eigenvalue weighted by atomic mass is 10.0. The number of halogens is 4. The van der Waals surface area contributed by atoms with Gasteiger partial charge in [0.25, 0.3) is 5.91 Å². The predicted octanol–water partition coefficient (Wildman–Crippen LogP) is 5.61. The number of thiophene rings is 1. The lowest BCUT2D eigenvalue weighted by Gasteiger charge is -2.25. The Bertz CT molecular complexity index is 1070. The van der Waals surface area contributed by atoms with Crippen LogP contribution in [0.4, 0.5) is 8.78 Å². The summed E-state index contributed by atoms with van der Waals surface area (Å²) in [5, 5.41) is 16.9. The highest BCUT2D eigenvalue weighted by molar-refractivity contribution is 9.13. The number of hydrogen-bond donors (Lipinski definition) is 3. The Hall–Kier alpha value is -1.65. The molecule has 3 rings (SSSR count). The predicted molar refractivity (Wildman–Crippen MR) is 135 cm³/mol. The van der Waals surface area contributed by atoms with Gasteiger partial charge in [-0.2, -0.15) is 0 Å². The van der Waals surface area contributed by atoms with E-state index in [1.807, 2.05) is 12.1 Å². The summed E-state index contributed by atoms with van der Waals surface area (Å²) in [7, 11) is 0. The number of rotatable bonds is 10. The fourth-order valence-electron chi connectivity index (χ4n) is 3.43. The summed E-state index contributed by atoms with van der Waals surface area (Å²) in [6.07, 6.45) is 0.0212. The molecule has 0 saturated carbocycles. The van der Waals surface area contributed by atoms with Gasteiger partial charge in [0, 0.05) is 23.6 Å². The molecule has 2 unspecified atom stereocenters. The first-order valence-electron chi connectivity index (χ1n) is 10.4. The van der Waals surface area contributed by atoms with E-state index in [9.17, 15) is 18.7 Å². The highest BCUT2D eigenvalue weighted by Gasteiger charge is 2.24. The molecule has 0 radical (unpaired) electrons. The fourth-order valence-corrected chi connectivity index (χ4v) is 5.37. The maximum absolute atomic E-state index is 13.7. The van der Waals surface area contributed by atoms with Crippen molar-refractivity contribution in [2.45, 2.75) is 38.5 Å². The summed E-state index contributed by atoms with van der Waals surface area (Å²) >= 11 is 7.97. The van der Waals surface area contributed by atoms with E-state index in [4.69, 9.17) is 0 Å². The summed E-state index contributed by atoms with van der Waals surface area (Å²) in [6, 6.07) is 12.3. The Morgan fingerprint density at radius 2 is 1.76 bits per heavy atom. The average molecular weight is 602 g/mol. The van der Waals surface area contributed by atoms with Crippen LogP contribution in [0.25, 0.3) is 0 Å². The summed E-state index contributed by atoms with van der Waals surface area (Å²) in [5.41, 5.74) is 2.66. The molecule has 9 heteroatoms. The highest BCUT2D eigenvalue weighted by Crippen LogP contribution is 2.32. The molecule has 0 aliphatic rings. The molecule has 1 aromatic heterocycles. The second-order valence-corrected chi connectivity index (χ2v) is 10.9. The Morgan fingerprint density at radius 3 is 2.39 bits per heavy atom. The van der Waals surface area contributed by atoms with Crippen molar-refractivity contribution in [2.75, 3.05) is 6.54 Å². The first-order chi connectivity index (χ1) is 15.7. The minimum atomic E-state index is -0.985. The average Bonchev–Trinajstić information content (AvgIpc) is 3.11. The molecule has 4 nitrogen and oxygen atoms in total. The van der Waals surface area contributed by atoms with E-state index in [0.717, 1.165) is 26.3 Å². The van der Waals surface area contributed by atoms with Gasteiger partial charge in [-0.3, -0.25) is 4.79 Å². The third-order valence-corrected chi connectivity index (χ3v) is 8.37. The molecule has 1 heterocycles. The molecule has 0 bridgehead atoms. The Balaban J connectivity index is 1.70. The second-order valence-electron chi connectivity index (χ2n) is 7.67. The molecule has 1 amide bonds. The van der Waals surface area contributed by atoms with Crippen molar-refractivity contribution in [1.82, 2.24) is 10.6 Å². The van der Waals surface area contributed by atoms with Gasteiger partial charge in [0.1, 0.15) is 11.6 Å². The molecule has 0 aliphatic heterocycles. The van der Waals surface area contributed by atoms with Gasteiger partial charge < -0.3 is 15.7 Å². The Labute approximate surface area is 212 Å². The van der Waals surface area contributed by atoms with Gasteiger partial charge >= 0.3 is 0 Å². The van der Waals surface area contributed by atoms with Crippen LogP contribution in [-0.4, -0.2) is 29.7 Å². The van der Waals surface area contributed by atoms with Crippen LogP contribution in [0, 0.1) is 11.6 Å². The number of carbonyl (C=O) groups is 1. The van der Waals surface area contributed by atoms with Gasteiger partial charge in [-0.05, 0) is 79.6 Å². The van der Waals surface area contributed by atoms with Crippen LogP contribution >= 0.6 is 43.2 Å². The van der Waals surface area contributed by atoms with Crippen molar-refractivity contribution in [3.05, 3.63) is 90.0 Å². The number of hydrogen-bond acceptors (Lipinski definition) is 4. The summed E-state index contributed by atoms with van der Waals surface area (Å²) < 4.78 is 28.9. The molecular formula is C24H24Br2F2N2O2S. The summed E-state index contributed by atoms with van der Waals surface area (Å²) in [5.74, 6) is -1.78. The smallest absolute Gasteiger partial charge is 0.261 e. The van der Waals surface area contributed by atoms with E-state index in [2.05, 4.69) is 61.5 Å². The first-order valence-corrected chi connectivity index (χ1v) is 12.8. The van der Waals surface area contributed by atoms with Crippen molar-refractivity contribution < 1.29 is 18.7 Å². The molecule has 0 aliphatic carbocycles. The molecule has 2 atom stereocenters. The minimum Gasteiger partial charge on any atom is -0.390 e. The van der Waals surface area contributed by atoms with E-state index in [-0.39, 0.29) is 18.9 Å². The third kappa shape index (κ3) is 7.68. The Kier molecular flexibility index (Phi) is 9.57. The zero-order valence-electron chi connectivity index (χ0n) is 17.9. The second kappa shape index (κ2) is 12.2. The number of aliphatic hydroxyl groups excluding tert-OH is 1. The van der Waals surface area contributed by atoms with Crippen LogP contribution in [0.15, 0.2) is 56.8 Å². The van der Waals surface area contributed by atoms with E-state index in [1.165, 1.54) is 29.0 Å². The zero-order valence-corrected chi connectivity index (χ0v) is 21.9. The lowest BCUT2D eigenvalue weighted by molar-refractivity contribution is 0.0833. The molecule has 0 saturated heterocycles. The molecule has 33 heavy (non-hydrogen) atoms. The summed E-state index contributed by atoms with van der Waals surface area (Å²) in [4.78, 5) is 13.2. The topological polar surface area (TPSA) is 61.4 Å². The van der Waals surface area contributed by atoms with Gasteiger partial charge in [0.05, 0.1) is 20.8 Å². The molecule has 3 aromatic rings. The third-order valence-electron chi connectivity index (χ3n) is 5.11. The van der Waals surface area contributed by atoms with Crippen LogP contribution in [0.1, 0.15) is 33.3 Å². The number of benzene rings is 2. The number of amides is 1. The van der Waals surface area contributed by atoms with Gasteiger partial charge in [-0.15, -0.1) is 11.3 Å². The van der Waals surface area contributed by atoms with Crippen LogP contribution in [0.5, 0.6) is 0 Å². The van der Waals surface area contributed by atoms with Crippen LogP contribution in [0.2, 0.25) is 0 Å². The number of aryl methyl sites for hydroxylation is 1. The van der Waals surface area contributed by atoms with Gasteiger partial charge in [-0.1, -0.05) is 31.2 Å². The van der Waals surface area contributed by atoms with Gasteiger partial charge in [-0.25, -0.2) is 8.78 Å². The van der Waals surface area contributed by atoms with Crippen molar-refractivity contribution in [2.24, 2.45) is 0 Å². The number of aliphatic hydroxyl groups is 1. The zero-order chi connectivity index (χ0) is 24.0. The van der Waals surface area contributed by atoms with E-state index >= 15 is 0 Å². The normalized spacial score (nSPS) is 13.0. The molecule has 2 aromatic carbocycles. The van der Waals surface area contributed by atoms with Crippen LogP contribution < -0.4 is 10.6 Å². The molecular weight excluding hydrogens is 578 g/mol. The molecule has 0 fully saturated rings. The quantitative estimate of drug-likeness (QED) is 0.283. The number of carbonyl (C=O) groups excluding carboxylic acids is 1.